The molecule has 15 heavy (non-hydrogen) atoms. The van der Waals surface area contributed by atoms with Crippen LogP contribution in [-0.4, -0.2) is 62.0 Å². The van der Waals surface area contributed by atoms with E-state index in [0.717, 1.165) is 26.2 Å². The van der Waals surface area contributed by atoms with Gasteiger partial charge in [0.1, 0.15) is 0 Å². The van der Waals surface area contributed by atoms with Crippen molar-refractivity contribution in [2.75, 3.05) is 39.9 Å². The fourth-order valence-electron chi connectivity index (χ4n) is 1.67. The molecule has 2 N–H and O–H groups in total. The Hall–Kier alpha value is -0.160. The highest BCUT2D eigenvalue weighted by molar-refractivity contribution is 4.74. The lowest BCUT2D eigenvalue weighted by Gasteiger charge is -2.31. The summed E-state index contributed by atoms with van der Waals surface area (Å²) in [5.74, 6) is 0.298. The van der Waals surface area contributed by atoms with Crippen LogP contribution in [0.3, 0.4) is 0 Å². The van der Waals surface area contributed by atoms with E-state index in [-0.39, 0.29) is 12.7 Å². The molecule has 0 spiro atoms. The number of likely N-dealkylation sites (N-methyl/N-ethyl adjacent to an activating group) is 1. The van der Waals surface area contributed by atoms with Gasteiger partial charge < -0.3 is 20.1 Å². The quantitative estimate of drug-likeness (QED) is 0.675. The minimum atomic E-state index is 0.236. The lowest BCUT2D eigenvalue weighted by Crippen LogP contribution is -2.47. The van der Waals surface area contributed by atoms with E-state index in [1.165, 1.54) is 0 Å². The first-order chi connectivity index (χ1) is 7.13. The molecule has 0 aromatic carbocycles. The lowest BCUT2D eigenvalue weighted by molar-refractivity contribution is -0.0200. The minimum absolute atomic E-state index is 0.236. The first-order valence-corrected chi connectivity index (χ1v) is 5.78. The number of rotatable bonds is 5. The summed E-state index contributed by atoms with van der Waals surface area (Å²) in [5.41, 5.74) is 0. The molecule has 0 aromatic rings. The molecule has 0 amide bonds. The van der Waals surface area contributed by atoms with Crippen LogP contribution in [-0.2, 0) is 4.74 Å². The zero-order valence-electron chi connectivity index (χ0n) is 10.1. The first-order valence-electron chi connectivity index (χ1n) is 5.78. The minimum Gasteiger partial charge on any atom is -0.396 e. The maximum absolute atomic E-state index is 9.00. The fraction of sp³-hybridized carbons (Fsp3) is 1.00. The van der Waals surface area contributed by atoms with Crippen LogP contribution in [0.1, 0.15) is 13.8 Å². The molecule has 0 aliphatic carbocycles. The van der Waals surface area contributed by atoms with E-state index in [9.17, 15) is 0 Å². The van der Waals surface area contributed by atoms with Gasteiger partial charge in [0.15, 0.2) is 0 Å². The molecule has 0 saturated carbocycles. The number of morpholine rings is 1. The Morgan fingerprint density at radius 3 is 2.87 bits per heavy atom. The monoisotopic (exact) mass is 216 g/mol. The predicted octanol–water partition coefficient (Wildman–Crippen LogP) is -0.0765. The van der Waals surface area contributed by atoms with Gasteiger partial charge in [0, 0.05) is 32.3 Å². The van der Waals surface area contributed by atoms with Gasteiger partial charge in [0.05, 0.1) is 12.7 Å². The normalized spacial score (nSPS) is 27.6. The number of nitrogens with one attached hydrogen (secondary N) is 1. The van der Waals surface area contributed by atoms with Crippen molar-refractivity contribution in [3.05, 3.63) is 0 Å². The van der Waals surface area contributed by atoms with Crippen LogP contribution in [0.15, 0.2) is 0 Å². The zero-order chi connectivity index (χ0) is 11.3. The summed E-state index contributed by atoms with van der Waals surface area (Å²) in [6.07, 6.45) is 0.289. The van der Waals surface area contributed by atoms with Crippen molar-refractivity contribution >= 4 is 0 Å². The number of hydrogen-bond acceptors (Lipinski definition) is 4. The molecule has 3 unspecified atom stereocenters. The van der Waals surface area contributed by atoms with Gasteiger partial charge in [0.2, 0.25) is 0 Å². The Morgan fingerprint density at radius 2 is 2.27 bits per heavy atom. The van der Waals surface area contributed by atoms with Gasteiger partial charge in [-0.1, -0.05) is 6.92 Å². The summed E-state index contributed by atoms with van der Waals surface area (Å²) >= 11 is 0. The van der Waals surface area contributed by atoms with Gasteiger partial charge in [-0.05, 0) is 19.9 Å². The molecule has 1 fully saturated rings. The van der Waals surface area contributed by atoms with Gasteiger partial charge in [-0.25, -0.2) is 0 Å². The highest BCUT2D eigenvalue weighted by Gasteiger charge is 2.19. The largest absolute Gasteiger partial charge is 0.396 e. The average molecular weight is 216 g/mol. The number of aliphatic hydroxyl groups is 1. The van der Waals surface area contributed by atoms with Gasteiger partial charge in [-0.15, -0.1) is 0 Å². The van der Waals surface area contributed by atoms with Crippen molar-refractivity contribution in [2.24, 2.45) is 5.92 Å². The van der Waals surface area contributed by atoms with E-state index in [0.29, 0.717) is 12.0 Å². The van der Waals surface area contributed by atoms with E-state index >= 15 is 0 Å². The SMILES string of the molecule is CC(CO)C(C)NCC1CN(C)CCO1. The third kappa shape index (κ3) is 4.47. The third-order valence-corrected chi connectivity index (χ3v) is 3.15. The number of nitrogens with zero attached hydrogens (tertiary/aromatic N) is 1. The van der Waals surface area contributed by atoms with Gasteiger partial charge in [-0.3, -0.25) is 0 Å². The third-order valence-electron chi connectivity index (χ3n) is 3.15. The van der Waals surface area contributed by atoms with Crippen LogP contribution in [0, 0.1) is 5.92 Å². The Balaban J connectivity index is 2.18. The molecule has 1 heterocycles. The van der Waals surface area contributed by atoms with E-state index in [4.69, 9.17) is 9.84 Å². The molecule has 1 aliphatic heterocycles. The summed E-state index contributed by atoms with van der Waals surface area (Å²) in [5, 5.41) is 12.4. The molecule has 4 nitrogen and oxygen atoms in total. The van der Waals surface area contributed by atoms with Crippen LogP contribution >= 0.6 is 0 Å². The van der Waals surface area contributed by atoms with Crippen LogP contribution in [0.4, 0.5) is 0 Å². The van der Waals surface area contributed by atoms with Crippen molar-refractivity contribution in [3.8, 4) is 0 Å². The van der Waals surface area contributed by atoms with Crippen LogP contribution < -0.4 is 5.32 Å². The van der Waals surface area contributed by atoms with Crippen LogP contribution in [0.2, 0.25) is 0 Å². The molecule has 1 aliphatic rings. The molecule has 0 radical (unpaired) electrons. The number of ether oxygens (including phenoxy) is 1. The summed E-state index contributed by atoms with van der Waals surface area (Å²) in [4.78, 5) is 2.29. The van der Waals surface area contributed by atoms with Crippen molar-refractivity contribution in [1.82, 2.24) is 10.2 Å². The van der Waals surface area contributed by atoms with Crippen molar-refractivity contribution < 1.29 is 9.84 Å². The number of hydrogen-bond donors (Lipinski definition) is 2. The summed E-state index contributed by atoms with van der Waals surface area (Å²) in [6, 6.07) is 0.339. The van der Waals surface area contributed by atoms with Crippen LogP contribution in [0.5, 0.6) is 0 Å². The standard InChI is InChI=1S/C11H24N2O2/c1-9(8-14)10(2)12-6-11-7-13(3)4-5-15-11/h9-12,14H,4-8H2,1-3H3. The van der Waals surface area contributed by atoms with Crippen molar-refractivity contribution in [1.29, 1.82) is 0 Å². The maximum atomic E-state index is 9.00. The lowest BCUT2D eigenvalue weighted by atomic mass is 10.1. The summed E-state index contributed by atoms with van der Waals surface area (Å²) in [6.45, 7) is 8.10. The second kappa shape index (κ2) is 6.43. The Bertz CT molecular complexity index is 178. The average Bonchev–Trinajstić information content (AvgIpc) is 2.25. The van der Waals surface area contributed by atoms with Gasteiger partial charge >= 0.3 is 0 Å². The second-order valence-electron chi connectivity index (χ2n) is 4.61. The first kappa shape index (κ1) is 12.9. The summed E-state index contributed by atoms with van der Waals surface area (Å²) in [7, 11) is 2.12. The highest BCUT2D eigenvalue weighted by atomic mass is 16.5. The van der Waals surface area contributed by atoms with E-state index < -0.39 is 0 Å². The molecule has 3 atom stereocenters. The fourth-order valence-corrected chi connectivity index (χ4v) is 1.67. The maximum Gasteiger partial charge on any atom is 0.0826 e. The summed E-state index contributed by atoms with van der Waals surface area (Å²) < 4.78 is 5.65. The molecule has 90 valence electrons. The van der Waals surface area contributed by atoms with Crippen LogP contribution in [0.25, 0.3) is 0 Å². The van der Waals surface area contributed by atoms with Crippen molar-refractivity contribution in [3.63, 3.8) is 0 Å². The molecular weight excluding hydrogens is 192 g/mol. The zero-order valence-corrected chi connectivity index (χ0v) is 10.1. The predicted molar refractivity (Wildman–Crippen MR) is 61.0 cm³/mol. The Kier molecular flexibility index (Phi) is 5.53. The van der Waals surface area contributed by atoms with Gasteiger partial charge in [0.25, 0.3) is 0 Å². The Labute approximate surface area is 92.6 Å². The van der Waals surface area contributed by atoms with Crippen molar-refractivity contribution in [2.45, 2.75) is 26.0 Å². The Morgan fingerprint density at radius 1 is 1.53 bits per heavy atom. The molecule has 0 aromatic heterocycles. The van der Waals surface area contributed by atoms with Gasteiger partial charge in [-0.2, -0.15) is 0 Å². The smallest absolute Gasteiger partial charge is 0.0826 e. The van der Waals surface area contributed by atoms with E-state index in [1.807, 2.05) is 6.92 Å². The number of aliphatic hydroxyl groups excluding tert-OH is 1. The van der Waals surface area contributed by atoms with E-state index in [1.54, 1.807) is 0 Å². The highest BCUT2D eigenvalue weighted by Crippen LogP contribution is 2.04. The molecule has 4 heteroatoms. The molecule has 1 rings (SSSR count). The molecular formula is C11H24N2O2. The molecule has 1 saturated heterocycles. The second-order valence-corrected chi connectivity index (χ2v) is 4.61. The van der Waals surface area contributed by atoms with E-state index in [2.05, 4.69) is 24.2 Å². The topological polar surface area (TPSA) is 44.7 Å². The molecule has 0 bridgehead atoms.